The minimum Gasteiger partial charge on any atom is -0.247 e. The van der Waals surface area contributed by atoms with Gasteiger partial charge in [0.05, 0.1) is 11.2 Å². The highest BCUT2D eigenvalue weighted by Crippen LogP contribution is 2.38. The molecular weight excluding hydrogens is 585 g/mol. The molecule has 7 aromatic carbocycles. The standard InChI is InChI=1S/C44H28N4/c1-3-13-31(14-4-1)42-46-43(32-15-5-2-6-16-32)48-44(47-42)33-24-22-29(23-25-33)34-17-11-18-35(28-34)41-38-27-26-30-12-7-8-19-36(30)40(38)37-20-9-10-21-39(37)45-41/h1-28H. The Morgan fingerprint density at radius 3 is 1.50 bits per heavy atom. The van der Waals surface area contributed by atoms with Crippen LogP contribution in [0.3, 0.4) is 0 Å². The van der Waals surface area contributed by atoms with Gasteiger partial charge in [0, 0.05) is 38.4 Å². The van der Waals surface area contributed by atoms with Crippen molar-refractivity contribution in [1.82, 2.24) is 19.9 Å². The molecule has 9 rings (SSSR count). The van der Waals surface area contributed by atoms with Crippen molar-refractivity contribution in [3.05, 3.63) is 170 Å². The molecule has 0 atom stereocenters. The first kappa shape index (κ1) is 27.8. The maximum atomic E-state index is 5.21. The second-order valence-electron chi connectivity index (χ2n) is 11.9. The van der Waals surface area contributed by atoms with E-state index in [4.69, 9.17) is 19.9 Å². The molecule has 0 unspecified atom stereocenters. The summed E-state index contributed by atoms with van der Waals surface area (Å²) in [6, 6.07) is 58.7. The van der Waals surface area contributed by atoms with Crippen molar-refractivity contribution in [1.29, 1.82) is 0 Å². The average Bonchev–Trinajstić information content (AvgIpc) is 3.18. The number of hydrogen-bond donors (Lipinski definition) is 0. The predicted molar refractivity (Wildman–Crippen MR) is 197 cm³/mol. The third-order valence-electron chi connectivity index (χ3n) is 8.90. The first-order valence-electron chi connectivity index (χ1n) is 16.1. The number of nitrogens with zero attached hydrogens (tertiary/aromatic N) is 4. The largest absolute Gasteiger partial charge is 0.247 e. The van der Waals surface area contributed by atoms with E-state index < -0.39 is 0 Å². The zero-order chi connectivity index (χ0) is 31.9. The Morgan fingerprint density at radius 2 is 0.812 bits per heavy atom. The van der Waals surface area contributed by atoms with Crippen molar-refractivity contribution in [3.63, 3.8) is 0 Å². The topological polar surface area (TPSA) is 51.6 Å². The number of pyridine rings is 1. The quantitative estimate of drug-likeness (QED) is 0.181. The van der Waals surface area contributed by atoms with Crippen LogP contribution in [0.5, 0.6) is 0 Å². The molecule has 0 spiro atoms. The fourth-order valence-corrected chi connectivity index (χ4v) is 6.54. The molecule has 0 radical (unpaired) electrons. The van der Waals surface area contributed by atoms with Crippen molar-refractivity contribution in [2.45, 2.75) is 0 Å². The van der Waals surface area contributed by atoms with Gasteiger partial charge in [0.25, 0.3) is 0 Å². The van der Waals surface area contributed by atoms with Crippen LogP contribution >= 0.6 is 0 Å². The Balaban J connectivity index is 1.13. The number of fused-ring (bicyclic) bond motifs is 5. The third kappa shape index (κ3) is 4.97. The molecule has 2 heterocycles. The fraction of sp³-hybridized carbons (Fsp3) is 0. The van der Waals surface area contributed by atoms with Gasteiger partial charge in [-0.15, -0.1) is 0 Å². The molecule has 4 nitrogen and oxygen atoms in total. The van der Waals surface area contributed by atoms with Crippen LogP contribution < -0.4 is 0 Å². The molecular formula is C44H28N4. The van der Waals surface area contributed by atoms with Crippen LogP contribution in [0.1, 0.15) is 0 Å². The van der Waals surface area contributed by atoms with E-state index in [-0.39, 0.29) is 0 Å². The SMILES string of the molecule is c1ccc(-c2nc(-c3ccccc3)nc(-c3ccc(-c4cccc(-c5nc6ccccc6c6c5ccc5ccccc56)c4)cc3)n2)cc1. The van der Waals surface area contributed by atoms with Crippen LogP contribution in [0.2, 0.25) is 0 Å². The van der Waals surface area contributed by atoms with Crippen molar-refractivity contribution < 1.29 is 0 Å². The van der Waals surface area contributed by atoms with Crippen molar-refractivity contribution in [2.24, 2.45) is 0 Å². The molecule has 0 saturated heterocycles. The van der Waals surface area contributed by atoms with E-state index in [0.717, 1.165) is 50.0 Å². The Labute approximate surface area is 278 Å². The maximum absolute atomic E-state index is 5.21. The van der Waals surface area contributed by atoms with E-state index in [1.165, 1.54) is 21.5 Å². The zero-order valence-corrected chi connectivity index (χ0v) is 26.0. The first-order valence-corrected chi connectivity index (χ1v) is 16.1. The van der Waals surface area contributed by atoms with Crippen LogP contribution in [-0.2, 0) is 0 Å². The minimum absolute atomic E-state index is 0.641. The highest BCUT2D eigenvalue weighted by molar-refractivity contribution is 6.22. The summed E-state index contributed by atoms with van der Waals surface area (Å²) in [5.41, 5.74) is 8.13. The summed E-state index contributed by atoms with van der Waals surface area (Å²) >= 11 is 0. The van der Waals surface area contributed by atoms with E-state index in [9.17, 15) is 0 Å². The number of hydrogen-bond acceptors (Lipinski definition) is 4. The molecule has 0 amide bonds. The van der Waals surface area contributed by atoms with Crippen LogP contribution in [0.4, 0.5) is 0 Å². The smallest absolute Gasteiger partial charge is 0.164 e. The van der Waals surface area contributed by atoms with E-state index in [2.05, 4.69) is 109 Å². The molecule has 0 fully saturated rings. The van der Waals surface area contributed by atoms with Crippen LogP contribution in [0.25, 0.3) is 89.0 Å². The van der Waals surface area contributed by atoms with Crippen molar-refractivity contribution in [3.8, 4) is 56.5 Å². The molecule has 0 saturated carbocycles. The van der Waals surface area contributed by atoms with Gasteiger partial charge in [-0.3, -0.25) is 0 Å². The summed E-state index contributed by atoms with van der Waals surface area (Å²) in [6.45, 7) is 0. The molecule has 48 heavy (non-hydrogen) atoms. The number of aromatic nitrogens is 4. The van der Waals surface area contributed by atoms with Gasteiger partial charge < -0.3 is 0 Å². The summed E-state index contributed by atoms with van der Waals surface area (Å²) in [5.74, 6) is 1.94. The molecule has 9 aromatic rings. The molecule has 0 N–H and O–H groups in total. The summed E-state index contributed by atoms with van der Waals surface area (Å²) in [4.78, 5) is 19.8. The molecule has 224 valence electrons. The second-order valence-corrected chi connectivity index (χ2v) is 11.9. The number of benzene rings is 7. The van der Waals surface area contributed by atoms with Crippen molar-refractivity contribution >= 4 is 32.4 Å². The lowest BCUT2D eigenvalue weighted by Gasteiger charge is -2.13. The van der Waals surface area contributed by atoms with Gasteiger partial charge in [-0.05, 0) is 34.0 Å². The average molecular weight is 613 g/mol. The monoisotopic (exact) mass is 612 g/mol. The number of rotatable bonds is 5. The van der Waals surface area contributed by atoms with Crippen LogP contribution in [0, 0.1) is 0 Å². The van der Waals surface area contributed by atoms with E-state index in [1.54, 1.807) is 0 Å². The molecule has 4 heteroatoms. The Morgan fingerprint density at radius 1 is 0.292 bits per heavy atom. The van der Waals surface area contributed by atoms with Gasteiger partial charge in [-0.1, -0.05) is 158 Å². The molecule has 0 aliphatic carbocycles. The summed E-state index contributed by atoms with van der Waals surface area (Å²) in [7, 11) is 0. The van der Waals surface area contributed by atoms with Crippen LogP contribution in [0.15, 0.2) is 170 Å². The lowest BCUT2D eigenvalue weighted by Crippen LogP contribution is -2.00. The Hall–Kier alpha value is -6.52. The normalized spacial score (nSPS) is 11.3. The highest BCUT2D eigenvalue weighted by Gasteiger charge is 2.15. The van der Waals surface area contributed by atoms with Gasteiger partial charge in [0.2, 0.25) is 0 Å². The van der Waals surface area contributed by atoms with E-state index in [1.807, 2.05) is 60.7 Å². The summed E-state index contributed by atoms with van der Waals surface area (Å²) in [5, 5.41) is 6.03. The zero-order valence-electron chi connectivity index (χ0n) is 26.0. The third-order valence-corrected chi connectivity index (χ3v) is 8.90. The minimum atomic E-state index is 0.641. The summed E-state index contributed by atoms with van der Waals surface area (Å²) < 4.78 is 0. The van der Waals surface area contributed by atoms with Gasteiger partial charge >= 0.3 is 0 Å². The molecule has 0 aliphatic heterocycles. The Kier molecular flexibility index (Phi) is 6.76. The van der Waals surface area contributed by atoms with Gasteiger partial charge in [-0.25, -0.2) is 19.9 Å². The predicted octanol–water partition coefficient (Wildman–Crippen LogP) is 11.1. The van der Waals surface area contributed by atoms with Gasteiger partial charge in [0.1, 0.15) is 0 Å². The van der Waals surface area contributed by atoms with Crippen molar-refractivity contribution in [2.75, 3.05) is 0 Å². The Bertz CT molecular complexity index is 2520. The molecule has 2 aromatic heterocycles. The second kappa shape index (κ2) is 11.7. The first-order chi connectivity index (χ1) is 23.8. The van der Waals surface area contributed by atoms with E-state index >= 15 is 0 Å². The lowest BCUT2D eigenvalue weighted by molar-refractivity contribution is 1.07. The number of para-hydroxylation sites is 1. The van der Waals surface area contributed by atoms with Gasteiger partial charge in [0.15, 0.2) is 17.5 Å². The molecule has 0 aliphatic rings. The molecule has 0 bridgehead atoms. The van der Waals surface area contributed by atoms with Gasteiger partial charge in [-0.2, -0.15) is 0 Å². The maximum Gasteiger partial charge on any atom is 0.164 e. The van der Waals surface area contributed by atoms with Crippen LogP contribution in [-0.4, -0.2) is 19.9 Å². The lowest BCUT2D eigenvalue weighted by atomic mass is 9.94. The summed E-state index contributed by atoms with van der Waals surface area (Å²) in [6.07, 6.45) is 0. The fourth-order valence-electron chi connectivity index (χ4n) is 6.54. The highest BCUT2D eigenvalue weighted by atomic mass is 15.0. The van der Waals surface area contributed by atoms with E-state index in [0.29, 0.717) is 17.5 Å².